The summed E-state index contributed by atoms with van der Waals surface area (Å²) in [5.41, 5.74) is 7.18. The van der Waals surface area contributed by atoms with E-state index < -0.39 is 0 Å². The molecule has 0 saturated heterocycles. The van der Waals surface area contributed by atoms with E-state index in [4.69, 9.17) is 0 Å². The molecule has 3 heteroatoms. The van der Waals surface area contributed by atoms with E-state index in [9.17, 15) is 0 Å². The lowest BCUT2D eigenvalue weighted by molar-refractivity contribution is 1.32. The summed E-state index contributed by atoms with van der Waals surface area (Å²) in [6.45, 7) is 1.99. The van der Waals surface area contributed by atoms with Crippen molar-refractivity contribution < 1.29 is 0 Å². The lowest BCUT2D eigenvalue weighted by Gasteiger charge is -2.05. The van der Waals surface area contributed by atoms with Crippen LogP contribution in [0.4, 0.5) is 11.4 Å². The van der Waals surface area contributed by atoms with Crippen molar-refractivity contribution in [1.82, 2.24) is 0 Å². The molecular formula is C15H17N3. The topological polar surface area (TPSA) is 36.4 Å². The van der Waals surface area contributed by atoms with Crippen LogP contribution in [0.25, 0.3) is 0 Å². The zero-order valence-electron chi connectivity index (χ0n) is 10.6. The maximum Gasteiger partial charge on any atom is 0.0649 e. The molecule has 0 fully saturated rings. The third kappa shape index (κ3) is 3.10. The molecule has 0 bridgehead atoms. The largest absolute Gasteiger partial charge is 0.388 e. The minimum absolute atomic E-state index is 0.955. The lowest BCUT2D eigenvalue weighted by Crippen LogP contribution is -2.00. The van der Waals surface area contributed by atoms with E-state index in [2.05, 4.69) is 21.9 Å². The monoisotopic (exact) mass is 239 g/mol. The molecule has 0 amide bonds. The number of anilines is 2. The van der Waals surface area contributed by atoms with E-state index in [-0.39, 0.29) is 0 Å². The first-order valence-corrected chi connectivity index (χ1v) is 5.93. The van der Waals surface area contributed by atoms with Gasteiger partial charge in [-0.05, 0) is 36.8 Å². The Labute approximate surface area is 108 Å². The molecule has 2 N–H and O–H groups in total. The van der Waals surface area contributed by atoms with E-state index in [1.165, 1.54) is 0 Å². The average Bonchev–Trinajstić information content (AvgIpc) is 2.46. The first-order chi connectivity index (χ1) is 8.79. The number of benzene rings is 2. The normalized spacial score (nSPS) is 11.1. The van der Waals surface area contributed by atoms with Crippen LogP contribution >= 0.6 is 0 Å². The molecule has 0 spiro atoms. The molecule has 2 aromatic rings. The highest BCUT2D eigenvalue weighted by molar-refractivity contribution is 5.99. The van der Waals surface area contributed by atoms with Crippen LogP contribution in [0, 0.1) is 0 Å². The molecule has 0 aliphatic carbocycles. The Kier molecular flexibility index (Phi) is 3.97. The average molecular weight is 239 g/mol. The van der Waals surface area contributed by atoms with E-state index in [1.54, 1.807) is 0 Å². The zero-order chi connectivity index (χ0) is 12.8. The van der Waals surface area contributed by atoms with Crippen LogP contribution in [0.3, 0.4) is 0 Å². The Bertz CT molecular complexity index is 532. The molecule has 18 heavy (non-hydrogen) atoms. The Morgan fingerprint density at radius 3 is 2.39 bits per heavy atom. The minimum Gasteiger partial charge on any atom is -0.388 e. The van der Waals surface area contributed by atoms with Gasteiger partial charge in [0.2, 0.25) is 0 Å². The highest BCUT2D eigenvalue weighted by Gasteiger charge is 1.98. The van der Waals surface area contributed by atoms with Gasteiger partial charge in [0.25, 0.3) is 0 Å². The summed E-state index contributed by atoms with van der Waals surface area (Å²) >= 11 is 0. The van der Waals surface area contributed by atoms with Crippen LogP contribution in [0.1, 0.15) is 12.5 Å². The Hall–Kier alpha value is -2.29. The van der Waals surface area contributed by atoms with Gasteiger partial charge >= 0.3 is 0 Å². The number of nitrogens with one attached hydrogen (secondary N) is 2. The molecule has 0 saturated carbocycles. The maximum atomic E-state index is 4.38. The van der Waals surface area contributed by atoms with Gasteiger partial charge < -0.3 is 5.32 Å². The van der Waals surface area contributed by atoms with Gasteiger partial charge in [-0.15, -0.1) is 0 Å². The molecule has 0 aromatic heterocycles. The summed E-state index contributed by atoms with van der Waals surface area (Å²) in [5.74, 6) is 0. The van der Waals surface area contributed by atoms with Gasteiger partial charge in [-0.2, -0.15) is 5.10 Å². The SMILES string of the molecule is CNc1cccc(/C(C)=N/Nc2ccccc2)c1. The maximum absolute atomic E-state index is 4.38. The second kappa shape index (κ2) is 5.87. The fourth-order valence-electron chi connectivity index (χ4n) is 1.63. The molecule has 0 aliphatic rings. The molecule has 2 aromatic carbocycles. The van der Waals surface area contributed by atoms with E-state index in [1.807, 2.05) is 62.5 Å². The van der Waals surface area contributed by atoms with Gasteiger partial charge in [-0.25, -0.2) is 0 Å². The number of hydrogen-bond donors (Lipinski definition) is 2. The smallest absolute Gasteiger partial charge is 0.0649 e. The molecule has 0 atom stereocenters. The fraction of sp³-hybridized carbons (Fsp3) is 0.133. The number of rotatable bonds is 4. The summed E-state index contributed by atoms with van der Waals surface area (Å²) in [4.78, 5) is 0. The number of para-hydroxylation sites is 1. The standard InChI is InChI=1S/C15H17N3/c1-12(13-7-6-10-15(11-13)16-2)17-18-14-8-4-3-5-9-14/h3-11,16,18H,1-2H3/b17-12+. The van der Waals surface area contributed by atoms with Crippen molar-refractivity contribution >= 4 is 17.1 Å². The summed E-state index contributed by atoms with van der Waals surface area (Å²) in [5, 5.41) is 7.50. The van der Waals surface area contributed by atoms with Gasteiger partial charge in [-0.3, -0.25) is 5.43 Å². The van der Waals surface area contributed by atoms with Crippen molar-refractivity contribution in [3.8, 4) is 0 Å². The Morgan fingerprint density at radius 2 is 1.67 bits per heavy atom. The van der Waals surface area contributed by atoms with Gasteiger partial charge in [0.15, 0.2) is 0 Å². The second-order valence-corrected chi connectivity index (χ2v) is 4.01. The van der Waals surface area contributed by atoms with Crippen LogP contribution in [0.15, 0.2) is 59.7 Å². The van der Waals surface area contributed by atoms with Gasteiger partial charge in [0, 0.05) is 12.7 Å². The van der Waals surface area contributed by atoms with Crippen molar-refractivity contribution in [3.05, 3.63) is 60.2 Å². The van der Waals surface area contributed by atoms with Gasteiger partial charge in [-0.1, -0.05) is 30.3 Å². The van der Waals surface area contributed by atoms with Crippen LogP contribution in [-0.2, 0) is 0 Å². The van der Waals surface area contributed by atoms with Crippen LogP contribution in [-0.4, -0.2) is 12.8 Å². The van der Waals surface area contributed by atoms with Crippen molar-refractivity contribution in [2.45, 2.75) is 6.92 Å². The molecule has 0 unspecified atom stereocenters. The predicted octanol–water partition coefficient (Wildman–Crippen LogP) is 3.56. The molecule has 3 nitrogen and oxygen atoms in total. The fourth-order valence-corrected chi connectivity index (χ4v) is 1.63. The van der Waals surface area contributed by atoms with Crippen molar-refractivity contribution in [2.75, 3.05) is 17.8 Å². The minimum atomic E-state index is 0.955. The van der Waals surface area contributed by atoms with E-state index in [0.29, 0.717) is 0 Å². The quantitative estimate of drug-likeness (QED) is 0.632. The molecule has 2 rings (SSSR count). The lowest BCUT2D eigenvalue weighted by atomic mass is 10.1. The first kappa shape index (κ1) is 12.2. The number of nitrogens with zero attached hydrogens (tertiary/aromatic N) is 1. The second-order valence-electron chi connectivity index (χ2n) is 4.01. The Balaban J connectivity index is 2.12. The van der Waals surface area contributed by atoms with E-state index >= 15 is 0 Å². The summed E-state index contributed by atoms with van der Waals surface area (Å²) in [6.07, 6.45) is 0. The van der Waals surface area contributed by atoms with Gasteiger partial charge in [0.05, 0.1) is 11.4 Å². The molecule has 92 valence electrons. The van der Waals surface area contributed by atoms with Gasteiger partial charge in [0.1, 0.15) is 0 Å². The summed E-state index contributed by atoms with van der Waals surface area (Å²) in [7, 11) is 1.91. The number of hydrazone groups is 1. The van der Waals surface area contributed by atoms with E-state index in [0.717, 1.165) is 22.6 Å². The highest BCUT2D eigenvalue weighted by Crippen LogP contribution is 2.11. The zero-order valence-corrected chi connectivity index (χ0v) is 10.6. The number of hydrogen-bond acceptors (Lipinski definition) is 3. The van der Waals surface area contributed by atoms with Crippen molar-refractivity contribution in [2.24, 2.45) is 5.10 Å². The first-order valence-electron chi connectivity index (χ1n) is 5.93. The molecule has 0 radical (unpaired) electrons. The molecule has 0 aliphatic heterocycles. The van der Waals surface area contributed by atoms with Crippen LogP contribution in [0.5, 0.6) is 0 Å². The van der Waals surface area contributed by atoms with Crippen molar-refractivity contribution in [1.29, 1.82) is 0 Å². The Morgan fingerprint density at radius 1 is 0.944 bits per heavy atom. The summed E-state index contributed by atoms with van der Waals surface area (Å²) < 4.78 is 0. The van der Waals surface area contributed by atoms with Crippen LogP contribution < -0.4 is 10.7 Å². The third-order valence-corrected chi connectivity index (χ3v) is 2.70. The third-order valence-electron chi connectivity index (χ3n) is 2.70. The van der Waals surface area contributed by atoms with Crippen LogP contribution in [0.2, 0.25) is 0 Å². The predicted molar refractivity (Wildman–Crippen MR) is 78.3 cm³/mol. The molecule has 0 heterocycles. The molecular weight excluding hydrogens is 222 g/mol. The summed E-state index contributed by atoms with van der Waals surface area (Å²) in [6, 6.07) is 18.1. The highest BCUT2D eigenvalue weighted by atomic mass is 15.3. The van der Waals surface area contributed by atoms with Crippen molar-refractivity contribution in [3.63, 3.8) is 0 Å².